The number of ether oxygens (including phenoxy) is 1. The summed E-state index contributed by atoms with van der Waals surface area (Å²) in [7, 11) is 0. The molecule has 0 atom stereocenters. The maximum Gasteiger partial charge on any atom is 0.339 e. The normalized spacial score (nSPS) is 11.0. The molecule has 0 spiro atoms. The van der Waals surface area contributed by atoms with Crippen molar-refractivity contribution in [2.75, 3.05) is 0 Å². The van der Waals surface area contributed by atoms with Crippen molar-refractivity contribution in [2.45, 2.75) is 17.3 Å². The fourth-order valence-corrected chi connectivity index (χ4v) is 3.14. The Morgan fingerprint density at radius 2 is 2.12 bits per heavy atom. The van der Waals surface area contributed by atoms with E-state index in [1.807, 2.05) is 17.5 Å². The van der Waals surface area contributed by atoms with Crippen molar-refractivity contribution in [1.29, 1.82) is 0 Å². The van der Waals surface area contributed by atoms with Crippen LogP contribution in [0.15, 0.2) is 51.2 Å². The number of aromatic nitrogens is 2. The molecule has 0 unspecified atom stereocenters. The Morgan fingerprint density at radius 3 is 2.88 bits per heavy atom. The molecule has 3 rings (SSSR count). The van der Waals surface area contributed by atoms with E-state index in [9.17, 15) is 13.6 Å². The number of halogens is 2. The van der Waals surface area contributed by atoms with Crippen LogP contribution in [0.25, 0.3) is 10.7 Å². The number of carbonyl (C=O) groups is 1. The minimum Gasteiger partial charge on any atom is -0.452 e. The van der Waals surface area contributed by atoms with Crippen molar-refractivity contribution in [2.24, 2.45) is 0 Å². The van der Waals surface area contributed by atoms with Crippen molar-refractivity contribution in [3.8, 4) is 10.7 Å². The molecule has 0 N–H and O–H groups in total. The van der Waals surface area contributed by atoms with Crippen LogP contribution in [-0.2, 0) is 11.3 Å². The number of benzene rings is 1. The SMILES string of the molecule is O=C(OCc1nc(-c2cccs2)no1)c1ccccc1SC(F)F. The molecule has 2 aromatic heterocycles. The highest BCUT2D eigenvalue weighted by Gasteiger charge is 2.18. The van der Waals surface area contributed by atoms with Crippen LogP contribution in [0, 0.1) is 0 Å². The van der Waals surface area contributed by atoms with Gasteiger partial charge in [-0.3, -0.25) is 0 Å². The van der Waals surface area contributed by atoms with Crippen LogP contribution in [0.2, 0.25) is 0 Å². The zero-order valence-corrected chi connectivity index (χ0v) is 13.7. The van der Waals surface area contributed by atoms with E-state index >= 15 is 0 Å². The van der Waals surface area contributed by atoms with E-state index in [2.05, 4.69) is 10.1 Å². The molecule has 0 bridgehead atoms. The van der Waals surface area contributed by atoms with E-state index in [0.29, 0.717) is 17.6 Å². The molecule has 0 aliphatic rings. The lowest BCUT2D eigenvalue weighted by molar-refractivity contribution is 0.0425. The first-order valence-corrected chi connectivity index (χ1v) is 8.47. The molecule has 1 aromatic carbocycles. The quantitative estimate of drug-likeness (QED) is 0.472. The summed E-state index contributed by atoms with van der Waals surface area (Å²) in [6.45, 7) is -0.231. The van der Waals surface area contributed by atoms with Gasteiger partial charge in [0.25, 0.3) is 11.6 Å². The summed E-state index contributed by atoms with van der Waals surface area (Å²) < 4.78 is 35.2. The van der Waals surface area contributed by atoms with Gasteiger partial charge in [-0.25, -0.2) is 4.79 Å². The monoisotopic (exact) mass is 368 g/mol. The number of esters is 1. The van der Waals surface area contributed by atoms with Gasteiger partial charge in [-0.1, -0.05) is 35.1 Å². The Kier molecular flexibility index (Phi) is 5.21. The molecule has 3 aromatic rings. The fraction of sp³-hybridized carbons (Fsp3) is 0.133. The first-order chi connectivity index (χ1) is 11.6. The maximum atomic E-state index is 12.5. The van der Waals surface area contributed by atoms with Gasteiger partial charge in [-0.2, -0.15) is 13.8 Å². The summed E-state index contributed by atoms with van der Waals surface area (Å²) in [4.78, 5) is 17.2. The highest BCUT2D eigenvalue weighted by atomic mass is 32.2. The van der Waals surface area contributed by atoms with E-state index in [4.69, 9.17) is 9.26 Å². The third-order valence-corrected chi connectivity index (χ3v) is 4.51. The molecule has 24 heavy (non-hydrogen) atoms. The number of hydrogen-bond acceptors (Lipinski definition) is 7. The van der Waals surface area contributed by atoms with Crippen LogP contribution < -0.4 is 0 Å². The minimum absolute atomic E-state index is 0.0702. The van der Waals surface area contributed by atoms with Crippen molar-refractivity contribution in [1.82, 2.24) is 10.1 Å². The number of thioether (sulfide) groups is 1. The number of nitrogens with zero attached hydrogens (tertiary/aromatic N) is 2. The number of alkyl halides is 2. The lowest BCUT2D eigenvalue weighted by Gasteiger charge is -2.07. The van der Waals surface area contributed by atoms with Gasteiger partial charge < -0.3 is 9.26 Å². The van der Waals surface area contributed by atoms with Crippen molar-refractivity contribution in [3.05, 3.63) is 53.2 Å². The number of carbonyl (C=O) groups excluding carboxylic acids is 1. The Hall–Kier alpha value is -2.26. The van der Waals surface area contributed by atoms with Gasteiger partial charge >= 0.3 is 5.97 Å². The molecule has 0 aliphatic heterocycles. The van der Waals surface area contributed by atoms with Gasteiger partial charge in [0.05, 0.1) is 10.4 Å². The summed E-state index contributed by atoms with van der Waals surface area (Å²) >= 11 is 1.74. The number of hydrogen-bond donors (Lipinski definition) is 0. The first kappa shape index (κ1) is 16.6. The summed E-state index contributed by atoms with van der Waals surface area (Å²) in [5, 5.41) is 5.67. The molecule has 0 aliphatic carbocycles. The van der Waals surface area contributed by atoms with E-state index in [0.717, 1.165) is 4.88 Å². The van der Waals surface area contributed by atoms with Crippen LogP contribution in [0.5, 0.6) is 0 Å². The smallest absolute Gasteiger partial charge is 0.339 e. The van der Waals surface area contributed by atoms with Crippen molar-refractivity contribution < 1.29 is 22.8 Å². The standard InChI is InChI=1S/C15H10F2N2O3S2/c16-15(17)24-10-5-2-1-4-9(10)14(20)21-8-12-18-13(19-22-12)11-6-3-7-23-11/h1-7,15H,8H2. The molecular formula is C15H10F2N2O3S2. The highest BCUT2D eigenvalue weighted by Crippen LogP contribution is 2.29. The summed E-state index contributed by atoms with van der Waals surface area (Å²) in [6.07, 6.45) is 0. The predicted octanol–water partition coefficient (Wildman–Crippen LogP) is 4.47. The van der Waals surface area contributed by atoms with Crippen LogP contribution >= 0.6 is 23.1 Å². The van der Waals surface area contributed by atoms with Crippen molar-refractivity contribution in [3.63, 3.8) is 0 Å². The molecule has 2 heterocycles. The molecule has 0 saturated carbocycles. The Morgan fingerprint density at radius 1 is 1.29 bits per heavy atom. The molecule has 0 fully saturated rings. The average molecular weight is 368 g/mol. The third kappa shape index (κ3) is 3.98. The van der Waals surface area contributed by atoms with E-state index < -0.39 is 11.7 Å². The van der Waals surface area contributed by atoms with Gasteiger partial charge in [0.15, 0.2) is 6.61 Å². The third-order valence-electron chi connectivity index (χ3n) is 2.86. The van der Waals surface area contributed by atoms with Gasteiger partial charge in [0.1, 0.15) is 0 Å². The second-order valence-electron chi connectivity index (χ2n) is 4.44. The second kappa shape index (κ2) is 7.54. The molecule has 9 heteroatoms. The Bertz CT molecular complexity index is 822. The average Bonchev–Trinajstić information content (AvgIpc) is 3.24. The zero-order chi connectivity index (χ0) is 16.9. The summed E-state index contributed by atoms with van der Waals surface area (Å²) in [5.41, 5.74) is 0.0702. The predicted molar refractivity (Wildman–Crippen MR) is 85.0 cm³/mol. The topological polar surface area (TPSA) is 65.2 Å². The molecule has 0 amide bonds. The Labute approximate surface area is 143 Å². The molecular weight excluding hydrogens is 358 g/mol. The van der Waals surface area contributed by atoms with Crippen molar-refractivity contribution >= 4 is 29.1 Å². The number of rotatable bonds is 6. The molecule has 0 radical (unpaired) electrons. The molecule has 0 saturated heterocycles. The largest absolute Gasteiger partial charge is 0.452 e. The van der Waals surface area contributed by atoms with Gasteiger partial charge in [-0.05, 0) is 23.6 Å². The van der Waals surface area contributed by atoms with E-state index in [1.54, 1.807) is 12.1 Å². The van der Waals surface area contributed by atoms with E-state index in [1.165, 1.54) is 23.5 Å². The molecule has 5 nitrogen and oxygen atoms in total. The lowest BCUT2D eigenvalue weighted by Crippen LogP contribution is -2.07. The van der Waals surface area contributed by atoms with Crippen LogP contribution in [0.3, 0.4) is 0 Å². The summed E-state index contributed by atoms with van der Waals surface area (Å²) in [5.74, 6) is -2.81. The summed E-state index contributed by atoms with van der Waals surface area (Å²) in [6, 6.07) is 9.71. The maximum absolute atomic E-state index is 12.5. The minimum atomic E-state index is -2.62. The van der Waals surface area contributed by atoms with Gasteiger partial charge in [0.2, 0.25) is 5.82 Å². The molecule has 124 valence electrons. The Balaban J connectivity index is 1.66. The van der Waals surface area contributed by atoms with Crippen LogP contribution in [0.1, 0.15) is 16.2 Å². The van der Waals surface area contributed by atoms with E-state index in [-0.39, 0.29) is 23.0 Å². The highest BCUT2D eigenvalue weighted by molar-refractivity contribution is 7.99. The first-order valence-electron chi connectivity index (χ1n) is 6.71. The second-order valence-corrected chi connectivity index (χ2v) is 6.42. The fourth-order valence-electron chi connectivity index (χ4n) is 1.86. The van der Waals surface area contributed by atoms with Crippen LogP contribution in [-0.4, -0.2) is 21.9 Å². The van der Waals surface area contributed by atoms with Gasteiger partial charge in [-0.15, -0.1) is 11.3 Å². The lowest BCUT2D eigenvalue weighted by atomic mass is 10.2. The van der Waals surface area contributed by atoms with Gasteiger partial charge in [0, 0.05) is 4.90 Å². The zero-order valence-electron chi connectivity index (χ0n) is 12.0. The van der Waals surface area contributed by atoms with Crippen LogP contribution in [0.4, 0.5) is 8.78 Å². The number of thiophene rings is 1.